The zero-order valence-corrected chi connectivity index (χ0v) is 14.1. The summed E-state index contributed by atoms with van der Waals surface area (Å²) in [5.74, 6) is -0.576. The van der Waals surface area contributed by atoms with Crippen LogP contribution < -0.4 is 15.4 Å². The topological polar surface area (TPSA) is 104 Å². The zero-order valence-electron chi connectivity index (χ0n) is 13.2. The molecule has 3 rings (SSSR count). The van der Waals surface area contributed by atoms with Gasteiger partial charge in [0.1, 0.15) is 6.04 Å². The highest BCUT2D eigenvalue weighted by atomic mass is 32.2. The van der Waals surface area contributed by atoms with Gasteiger partial charge in [-0.05, 0) is 43.5 Å². The molecule has 0 radical (unpaired) electrons. The van der Waals surface area contributed by atoms with E-state index in [0.29, 0.717) is 18.5 Å². The maximum absolute atomic E-state index is 12.3. The largest absolute Gasteiger partial charge is 0.354 e. The molecule has 7 nitrogen and oxygen atoms in total. The Bertz CT molecular complexity index is 724. The van der Waals surface area contributed by atoms with Gasteiger partial charge in [0.05, 0.1) is 4.90 Å². The fourth-order valence-electron chi connectivity index (χ4n) is 3.09. The van der Waals surface area contributed by atoms with Gasteiger partial charge in [0.15, 0.2) is 0 Å². The van der Waals surface area contributed by atoms with E-state index in [1.807, 2.05) is 0 Å². The summed E-state index contributed by atoms with van der Waals surface area (Å²) >= 11 is 0. The van der Waals surface area contributed by atoms with Crippen LogP contribution in [0.15, 0.2) is 29.2 Å². The van der Waals surface area contributed by atoms with E-state index in [9.17, 15) is 18.0 Å². The molecule has 130 valence electrons. The normalized spacial score (nSPS) is 21.7. The van der Waals surface area contributed by atoms with Gasteiger partial charge in [0, 0.05) is 18.2 Å². The molecule has 1 saturated carbocycles. The van der Waals surface area contributed by atoms with Crippen molar-refractivity contribution in [2.24, 2.45) is 0 Å². The van der Waals surface area contributed by atoms with Crippen LogP contribution in [0.2, 0.25) is 0 Å². The average Bonchev–Trinajstić information content (AvgIpc) is 3.19. The minimum atomic E-state index is -3.56. The van der Waals surface area contributed by atoms with Gasteiger partial charge in [-0.15, -0.1) is 0 Å². The van der Waals surface area contributed by atoms with Crippen LogP contribution in [0.3, 0.4) is 0 Å². The second-order valence-electron chi connectivity index (χ2n) is 6.23. The molecule has 2 aliphatic rings. The van der Waals surface area contributed by atoms with Crippen LogP contribution in [0, 0.1) is 0 Å². The quantitative estimate of drug-likeness (QED) is 0.719. The van der Waals surface area contributed by atoms with E-state index < -0.39 is 16.1 Å². The molecule has 2 fully saturated rings. The number of hydrogen-bond acceptors (Lipinski definition) is 4. The van der Waals surface area contributed by atoms with E-state index >= 15 is 0 Å². The molecule has 0 bridgehead atoms. The van der Waals surface area contributed by atoms with Crippen LogP contribution in [0.5, 0.6) is 0 Å². The smallest absolute Gasteiger partial charge is 0.251 e. The third-order valence-corrected chi connectivity index (χ3v) is 5.99. The Balaban J connectivity index is 1.65. The Labute approximate surface area is 141 Å². The predicted octanol–water partition coefficient (Wildman–Crippen LogP) is 0.526. The minimum Gasteiger partial charge on any atom is -0.354 e. The summed E-state index contributed by atoms with van der Waals surface area (Å²) < 4.78 is 27.4. The van der Waals surface area contributed by atoms with E-state index in [4.69, 9.17) is 0 Å². The highest BCUT2D eigenvalue weighted by Gasteiger charge is 2.26. The highest BCUT2D eigenvalue weighted by Crippen LogP contribution is 2.20. The third kappa shape index (κ3) is 3.76. The Hall–Kier alpha value is -1.93. The number of carbonyl (C=O) groups is 2. The maximum atomic E-state index is 12.3. The van der Waals surface area contributed by atoms with Crippen LogP contribution >= 0.6 is 0 Å². The number of benzene rings is 1. The van der Waals surface area contributed by atoms with Gasteiger partial charge in [0.2, 0.25) is 15.9 Å². The van der Waals surface area contributed by atoms with Gasteiger partial charge in [-0.25, -0.2) is 13.1 Å². The molecule has 1 aromatic rings. The summed E-state index contributed by atoms with van der Waals surface area (Å²) in [5, 5.41) is 5.29. The van der Waals surface area contributed by atoms with E-state index in [1.54, 1.807) is 0 Å². The van der Waals surface area contributed by atoms with Crippen molar-refractivity contribution in [2.45, 2.75) is 49.1 Å². The van der Waals surface area contributed by atoms with Crippen LogP contribution in [0.4, 0.5) is 0 Å². The molecule has 1 unspecified atom stereocenters. The summed E-state index contributed by atoms with van der Waals surface area (Å²) in [6.45, 7) is 0.549. The first-order valence-corrected chi connectivity index (χ1v) is 9.65. The van der Waals surface area contributed by atoms with E-state index in [0.717, 1.165) is 25.7 Å². The second-order valence-corrected chi connectivity index (χ2v) is 7.95. The number of rotatable bonds is 5. The Morgan fingerprint density at radius 3 is 2.33 bits per heavy atom. The zero-order chi connectivity index (χ0) is 17.2. The van der Waals surface area contributed by atoms with Gasteiger partial charge in [0.25, 0.3) is 5.91 Å². The predicted molar refractivity (Wildman–Crippen MR) is 87.9 cm³/mol. The number of nitrogens with one attached hydrogen (secondary N) is 3. The van der Waals surface area contributed by atoms with E-state index in [-0.39, 0.29) is 22.8 Å². The molecule has 0 spiro atoms. The molecule has 1 aliphatic carbocycles. The molecule has 1 heterocycles. The SMILES string of the molecule is O=C(NC1CCNC1=O)c1ccc(S(=O)(=O)NC2CCCC2)cc1. The first kappa shape index (κ1) is 16.9. The van der Waals surface area contributed by atoms with Gasteiger partial charge in [-0.2, -0.15) is 0 Å². The summed E-state index contributed by atoms with van der Waals surface area (Å²) in [5.41, 5.74) is 0.328. The minimum absolute atomic E-state index is 0.00106. The lowest BCUT2D eigenvalue weighted by Crippen LogP contribution is -2.40. The maximum Gasteiger partial charge on any atom is 0.251 e. The van der Waals surface area contributed by atoms with Crippen molar-refractivity contribution in [2.75, 3.05) is 6.54 Å². The molecule has 0 aromatic heterocycles. The lowest BCUT2D eigenvalue weighted by Gasteiger charge is -2.13. The van der Waals surface area contributed by atoms with E-state index in [2.05, 4.69) is 15.4 Å². The van der Waals surface area contributed by atoms with Gasteiger partial charge >= 0.3 is 0 Å². The van der Waals surface area contributed by atoms with Crippen molar-refractivity contribution >= 4 is 21.8 Å². The second kappa shape index (κ2) is 6.90. The van der Waals surface area contributed by atoms with Crippen molar-refractivity contribution in [3.8, 4) is 0 Å². The number of hydrogen-bond donors (Lipinski definition) is 3. The van der Waals surface area contributed by atoms with Crippen molar-refractivity contribution in [1.82, 2.24) is 15.4 Å². The number of amides is 2. The summed E-state index contributed by atoms with van der Waals surface area (Å²) in [4.78, 5) is 23.8. The number of carbonyl (C=O) groups excluding carboxylic acids is 2. The lowest BCUT2D eigenvalue weighted by molar-refractivity contribution is -0.120. The highest BCUT2D eigenvalue weighted by molar-refractivity contribution is 7.89. The van der Waals surface area contributed by atoms with Crippen LogP contribution in [0.1, 0.15) is 42.5 Å². The van der Waals surface area contributed by atoms with E-state index in [1.165, 1.54) is 24.3 Å². The number of sulfonamides is 1. The fourth-order valence-corrected chi connectivity index (χ4v) is 4.39. The summed E-state index contributed by atoms with van der Waals surface area (Å²) in [7, 11) is -3.56. The first-order chi connectivity index (χ1) is 11.5. The van der Waals surface area contributed by atoms with Crippen molar-refractivity contribution < 1.29 is 18.0 Å². The molecule has 1 aliphatic heterocycles. The van der Waals surface area contributed by atoms with Crippen LogP contribution in [0.25, 0.3) is 0 Å². The van der Waals surface area contributed by atoms with Crippen molar-refractivity contribution in [3.05, 3.63) is 29.8 Å². The van der Waals surface area contributed by atoms with Crippen molar-refractivity contribution in [3.63, 3.8) is 0 Å². The Morgan fingerprint density at radius 2 is 1.75 bits per heavy atom. The molecule has 1 saturated heterocycles. The monoisotopic (exact) mass is 351 g/mol. The molecule has 1 atom stereocenters. The third-order valence-electron chi connectivity index (χ3n) is 4.46. The average molecular weight is 351 g/mol. The molecule has 3 N–H and O–H groups in total. The van der Waals surface area contributed by atoms with Crippen LogP contribution in [-0.4, -0.2) is 38.9 Å². The molecule has 1 aromatic carbocycles. The van der Waals surface area contributed by atoms with Crippen LogP contribution in [-0.2, 0) is 14.8 Å². The lowest BCUT2D eigenvalue weighted by atomic mass is 10.2. The van der Waals surface area contributed by atoms with Gasteiger partial charge < -0.3 is 10.6 Å². The van der Waals surface area contributed by atoms with Gasteiger partial charge in [-0.3, -0.25) is 9.59 Å². The molecule has 24 heavy (non-hydrogen) atoms. The Kier molecular flexibility index (Phi) is 4.86. The summed E-state index contributed by atoms with van der Waals surface area (Å²) in [6.07, 6.45) is 4.37. The molecular formula is C16H21N3O4S. The molecular weight excluding hydrogens is 330 g/mol. The van der Waals surface area contributed by atoms with Crippen molar-refractivity contribution in [1.29, 1.82) is 0 Å². The Morgan fingerprint density at radius 1 is 1.08 bits per heavy atom. The molecule has 8 heteroatoms. The fraction of sp³-hybridized carbons (Fsp3) is 0.500. The summed E-state index contributed by atoms with van der Waals surface area (Å²) in [6, 6.07) is 5.24. The standard InChI is InChI=1S/C16H21N3O4S/c20-15(18-14-9-10-17-16(14)21)11-5-7-13(8-6-11)24(22,23)19-12-3-1-2-4-12/h5-8,12,14,19H,1-4,9-10H2,(H,17,21)(H,18,20). The molecule has 2 amide bonds. The van der Waals surface area contributed by atoms with Gasteiger partial charge in [-0.1, -0.05) is 12.8 Å². The first-order valence-electron chi connectivity index (χ1n) is 8.17.